The molecule has 0 aliphatic heterocycles. The van der Waals surface area contributed by atoms with E-state index in [9.17, 15) is 0 Å². The molecule has 1 nitrogen and oxygen atoms in total. The first-order chi connectivity index (χ1) is 14.6. The van der Waals surface area contributed by atoms with Crippen LogP contribution in [0.5, 0.6) is 0 Å². The molecule has 0 atom stereocenters. The zero-order chi connectivity index (χ0) is 20.9. The SMILES string of the molecule is CC(=CC=Cc1ccccc1)c1ccc(N(c2ccc(C)s2)c2ccc(C)s2)cc1. The van der Waals surface area contributed by atoms with Crippen LogP contribution >= 0.6 is 22.7 Å². The van der Waals surface area contributed by atoms with Crippen LogP contribution < -0.4 is 4.90 Å². The molecule has 0 N–H and O–H groups in total. The Bertz CT molecular complexity index is 1120. The maximum absolute atomic E-state index is 2.35. The molecule has 2 heterocycles. The fourth-order valence-corrected chi connectivity index (χ4v) is 5.14. The van der Waals surface area contributed by atoms with Gasteiger partial charge in [0.25, 0.3) is 0 Å². The average molecular weight is 428 g/mol. The minimum atomic E-state index is 1.19. The molecule has 4 aromatic rings. The van der Waals surface area contributed by atoms with Crippen molar-refractivity contribution in [1.82, 2.24) is 0 Å². The molecule has 0 spiro atoms. The quantitative estimate of drug-likeness (QED) is 0.277. The summed E-state index contributed by atoms with van der Waals surface area (Å²) >= 11 is 3.65. The highest BCUT2D eigenvalue weighted by Crippen LogP contribution is 2.41. The molecule has 0 saturated heterocycles. The molecule has 0 radical (unpaired) electrons. The Balaban J connectivity index is 1.59. The molecule has 0 amide bonds. The molecular weight excluding hydrogens is 402 g/mol. The van der Waals surface area contributed by atoms with Crippen LogP contribution in [-0.4, -0.2) is 0 Å². The number of allylic oxidation sites excluding steroid dienone is 3. The van der Waals surface area contributed by atoms with Gasteiger partial charge in [0.05, 0.1) is 0 Å². The zero-order valence-corrected chi connectivity index (χ0v) is 19.1. The molecule has 0 saturated carbocycles. The van der Waals surface area contributed by atoms with E-state index in [-0.39, 0.29) is 0 Å². The monoisotopic (exact) mass is 427 g/mol. The molecule has 0 aliphatic rings. The van der Waals surface area contributed by atoms with Crippen molar-refractivity contribution in [2.75, 3.05) is 4.90 Å². The van der Waals surface area contributed by atoms with E-state index in [1.165, 1.54) is 42.1 Å². The highest BCUT2D eigenvalue weighted by molar-refractivity contribution is 7.18. The Labute approximate surface area is 187 Å². The number of aryl methyl sites for hydroxylation is 2. The van der Waals surface area contributed by atoms with E-state index in [1.807, 2.05) is 28.7 Å². The molecule has 0 bridgehead atoms. The first-order valence-corrected chi connectivity index (χ1v) is 11.7. The number of nitrogens with zero attached hydrogens (tertiary/aromatic N) is 1. The third-order valence-electron chi connectivity index (χ3n) is 4.91. The van der Waals surface area contributed by atoms with E-state index in [2.05, 4.69) is 117 Å². The summed E-state index contributed by atoms with van der Waals surface area (Å²) in [5.41, 5.74) is 4.89. The molecule has 0 aliphatic carbocycles. The molecule has 30 heavy (non-hydrogen) atoms. The Hall–Kier alpha value is -2.88. The van der Waals surface area contributed by atoms with Gasteiger partial charge in [-0.1, -0.05) is 60.7 Å². The maximum Gasteiger partial charge on any atom is 0.101 e. The molecule has 2 aromatic carbocycles. The van der Waals surface area contributed by atoms with Crippen molar-refractivity contribution >= 4 is 50.0 Å². The van der Waals surface area contributed by atoms with Crippen LogP contribution in [0.4, 0.5) is 15.7 Å². The van der Waals surface area contributed by atoms with Gasteiger partial charge >= 0.3 is 0 Å². The Morgan fingerprint density at radius 1 is 0.733 bits per heavy atom. The minimum absolute atomic E-state index is 1.19. The van der Waals surface area contributed by atoms with Crippen LogP contribution in [0.15, 0.2) is 91.0 Å². The van der Waals surface area contributed by atoms with E-state index in [0.29, 0.717) is 0 Å². The normalized spacial score (nSPS) is 11.9. The van der Waals surface area contributed by atoms with Crippen LogP contribution in [-0.2, 0) is 0 Å². The second-order valence-electron chi connectivity index (χ2n) is 7.27. The number of anilines is 3. The summed E-state index contributed by atoms with van der Waals surface area (Å²) in [7, 11) is 0. The first-order valence-electron chi connectivity index (χ1n) is 10.0. The lowest BCUT2D eigenvalue weighted by Crippen LogP contribution is -2.06. The van der Waals surface area contributed by atoms with Gasteiger partial charge in [0.1, 0.15) is 10.0 Å². The second-order valence-corrected chi connectivity index (χ2v) is 9.80. The molecular formula is C27H25NS2. The third kappa shape index (κ3) is 4.81. The van der Waals surface area contributed by atoms with Crippen molar-refractivity contribution in [1.29, 1.82) is 0 Å². The van der Waals surface area contributed by atoms with Gasteiger partial charge in [-0.25, -0.2) is 0 Å². The lowest BCUT2D eigenvalue weighted by Gasteiger charge is -2.22. The second kappa shape index (κ2) is 9.29. The lowest BCUT2D eigenvalue weighted by molar-refractivity contribution is 1.35. The van der Waals surface area contributed by atoms with E-state index >= 15 is 0 Å². The third-order valence-corrected chi connectivity index (χ3v) is 6.88. The first kappa shape index (κ1) is 20.4. The summed E-state index contributed by atoms with van der Waals surface area (Å²) in [5.74, 6) is 0. The summed E-state index contributed by atoms with van der Waals surface area (Å²) < 4.78 is 0. The predicted molar refractivity (Wildman–Crippen MR) is 135 cm³/mol. The van der Waals surface area contributed by atoms with Crippen molar-refractivity contribution in [3.63, 3.8) is 0 Å². The van der Waals surface area contributed by atoms with Gasteiger partial charge in [0.15, 0.2) is 0 Å². The number of benzene rings is 2. The molecule has 150 valence electrons. The molecule has 2 aromatic heterocycles. The Kier molecular flexibility index (Phi) is 6.32. The lowest BCUT2D eigenvalue weighted by atomic mass is 10.1. The number of hydrogen-bond donors (Lipinski definition) is 0. The molecule has 3 heteroatoms. The van der Waals surface area contributed by atoms with Crippen molar-refractivity contribution in [2.24, 2.45) is 0 Å². The van der Waals surface area contributed by atoms with Crippen molar-refractivity contribution in [3.8, 4) is 0 Å². The largest absolute Gasteiger partial charge is 0.293 e. The fraction of sp³-hybridized carbons (Fsp3) is 0.111. The number of hydrogen-bond acceptors (Lipinski definition) is 3. The van der Waals surface area contributed by atoms with E-state index < -0.39 is 0 Å². The topological polar surface area (TPSA) is 3.24 Å². The van der Waals surface area contributed by atoms with Gasteiger partial charge in [-0.15, -0.1) is 22.7 Å². The molecule has 4 rings (SSSR count). The van der Waals surface area contributed by atoms with Crippen LogP contribution in [0.2, 0.25) is 0 Å². The Morgan fingerprint density at radius 2 is 1.33 bits per heavy atom. The van der Waals surface area contributed by atoms with Crippen LogP contribution in [0.3, 0.4) is 0 Å². The van der Waals surface area contributed by atoms with E-state index in [1.54, 1.807) is 0 Å². The minimum Gasteiger partial charge on any atom is -0.293 e. The highest BCUT2D eigenvalue weighted by Gasteiger charge is 2.15. The van der Waals surface area contributed by atoms with Crippen molar-refractivity contribution in [2.45, 2.75) is 20.8 Å². The van der Waals surface area contributed by atoms with Crippen LogP contribution in [0.25, 0.3) is 11.6 Å². The summed E-state index contributed by atoms with van der Waals surface area (Å²) in [4.78, 5) is 5.00. The van der Waals surface area contributed by atoms with Crippen molar-refractivity contribution < 1.29 is 0 Å². The van der Waals surface area contributed by atoms with Crippen molar-refractivity contribution in [3.05, 3.63) is 112 Å². The molecule has 0 fully saturated rings. The maximum atomic E-state index is 2.35. The smallest absolute Gasteiger partial charge is 0.101 e. The summed E-state index contributed by atoms with van der Waals surface area (Å²) in [6, 6.07) is 28.1. The van der Waals surface area contributed by atoms with Gasteiger partial charge < -0.3 is 0 Å². The summed E-state index contributed by atoms with van der Waals surface area (Å²) in [6.07, 6.45) is 6.43. The average Bonchev–Trinajstić information content (AvgIpc) is 3.38. The Morgan fingerprint density at radius 3 is 1.87 bits per heavy atom. The fourth-order valence-electron chi connectivity index (χ4n) is 3.28. The van der Waals surface area contributed by atoms with Gasteiger partial charge in [-0.2, -0.15) is 0 Å². The van der Waals surface area contributed by atoms with Gasteiger partial charge in [0, 0.05) is 15.4 Å². The predicted octanol–water partition coefficient (Wildman–Crippen LogP) is 9.01. The van der Waals surface area contributed by atoms with Gasteiger partial charge in [-0.3, -0.25) is 4.90 Å². The number of thiophene rings is 2. The van der Waals surface area contributed by atoms with Crippen LogP contribution in [0.1, 0.15) is 27.8 Å². The van der Waals surface area contributed by atoms with Crippen LogP contribution in [0, 0.1) is 13.8 Å². The van der Waals surface area contributed by atoms with Gasteiger partial charge in [0.2, 0.25) is 0 Å². The molecule has 0 unspecified atom stereocenters. The van der Waals surface area contributed by atoms with E-state index in [4.69, 9.17) is 0 Å². The number of rotatable bonds is 6. The summed E-state index contributed by atoms with van der Waals surface area (Å²) in [5, 5.41) is 2.50. The van der Waals surface area contributed by atoms with Gasteiger partial charge in [-0.05, 0) is 73.9 Å². The standard InChI is InChI=1S/C27H25NS2/c1-20(8-7-11-23-9-5-4-6-10-23)24-14-16-25(17-15-24)28(26-18-12-21(2)29-26)27-19-13-22(3)30-27/h4-19H,1-3H3. The summed E-state index contributed by atoms with van der Waals surface area (Å²) in [6.45, 7) is 6.48. The van der Waals surface area contributed by atoms with E-state index in [0.717, 1.165) is 0 Å². The highest BCUT2D eigenvalue weighted by atomic mass is 32.1. The zero-order valence-electron chi connectivity index (χ0n) is 17.5.